The van der Waals surface area contributed by atoms with Gasteiger partial charge in [0.2, 0.25) is 0 Å². The molecule has 0 atom stereocenters. The van der Waals surface area contributed by atoms with E-state index >= 15 is 0 Å². The van der Waals surface area contributed by atoms with Gasteiger partial charge in [-0.15, -0.1) is 0 Å². The summed E-state index contributed by atoms with van der Waals surface area (Å²) >= 11 is 0. The van der Waals surface area contributed by atoms with Crippen LogP contribution in [-0.4, -0.2) is 13.1 Å². The highest BCUT2D eigenvalue weighted by Gasteiger charge is 1.98. The zero-order chi connectivity index (χ0) is 18.3. The monoisotopic (exact) mass is 342 g/mol. The molecular weight excluding hydrogens is 296 g/mol. The van der Waals surface area contributed by atoms with E-state index in [0.29, 0.717) is 6.42 Å². The van der Waals surface area contributed by atoms with E-state index in [1.165, 1.54) is 103 Å². The number of ether oxygens (including phenoxy) is 1. The molecule has 0 bridgehead atoms. The molecule has 0 aromatic heterocycles. The van der Waals surface area contributed by atoms with Gasteiger partial charge in [-0.3, -0.25) is 4.79 Å². The average Bonchev–Trinajstić information content (AvgIpc) is 2.60. The third kappa shape index (κ3) is 26.4. The molecule has 0 aliphatic carbocycles. The van der Waals surface area contributed by atoms with Gasteiger partial charge in [-0.2, -0.15) is 0 Å². The van der Waals surface area contributed by atoms with E-state index in [-0.39, 0.29) is 5.97 Å². The summed E-state index contributed by atoms with van der Waals surface area (Å²) in [5.74, 6) is -0.0686. The lowest BCUT2D eigenvalue weighted by Crippen LogP contribution is -1.99. The van der Waals surface area contributed by atoms with Crippen LogP contribution in [0.4, 0.5) is 0 Å². The summed E-state index contributed by atoms with van der Waals surface area (Å²) in [4.78, 5) is 10.8. The SMILES string of the molecule is CCCCCCC.CCCCCCCCCCCCCC(=O)OC. The Bertz CT molecular complexity index is 222. The number of hydrogen-bond donors (Lipinski definition) is 0. The molecule has 0 aliphatic heterocycles. The van der Waals surface area contributed by atoms with Crippen molar-refractivity contribution in [3.8, 4) is 0 Å². The first-order chi connectivity index (χ1) is 11.7. The molecule has 0 rings (SSSR count). The second-order valence-electron chi connectivity index (χ2n) is 6.92. The predicted octanol–water partition coefficient (Wildman–Crippen LogP) is 7.84. The Labute approximate surface area is 153 Å². The van der Waals surface area contributed by atoms with E-state index in [2.05, 4.69) is 25.5 Å². The van der Waals surface area contributed by atoms with Crippen molar-refractivity contribution in [3.63, 3.8) is 0 Å². The number of unbranched alkanes of at least 4 members (excludes halogenated alkanes) is 14. The highest BCUT2D eigenvalue weighted by molar-refractivity contribution is 5.68. The normalized spacial score (nSPS) is 10.2. The molecule has 2 heteroatoms. The summed E-state index contributed by atoms with van der Waals surface area (Å²) in [6.07, 6.45) is 22.1. The molecule has 0 heterocycles. The summed E-state index contributed by atoms with van der Waals surface area (Å²) in [6, 6.07) is 0. The zero-order valence-corrected chi connectivity index (χ0v) is 17.3. The molecule has 0 N–H and O–H groups in total. The first kappa shape index (κ1) is 25.7. The Hall–Kier alpha value is -0.530. The molecule has 0 aromatic carbocycles. The van der Waals surface area contributed by atoms with Crippen LogP contribution in [0.25, 0.3) is 0 Å². The quantitative estimate of drug-likeness (QED) is 0.211. The van der Waals surface area contributed by atoms with E-state index in [1.807, 2.05) is 0 Å². The molecule has 0 fully saturated rings. The van der Waals surface area contributed by atoms with E-state index in [9.17, 15) is 4.79 Å². The van der Waals surface area contributed by atoms with E-state index in [4.69, 9.17) is 0 Å². The van der Waals surface area contributed by atoms with Crippen LogP contribution >= 0.6 is 0 Å². The van der Waals surface area contributed by atoms with Gasteiger partial charge in [-0.05, 0) is 6.42 Å². The molecule has 0 radical (unpaired) electrons. The molecule has 0 saturated carbocycles. The summed E-state index contributed by atoms with van der Waals surface area (Å²) in [6.45, 7) is 6.75. The molecular formula is C22H46O2. The van der Waals surface area contributed by atoms with Gasteiger partial charge in [0.05, 0.1) is 7.11 Å². The van der Waals surface area contributed by atoms with Crippen molar-refractivity contribution in [1.29, 1.82) is 0 Å². The van der Waals surface area contributed by atoms with Gasteiger partial charge in [-0.25, -0.2) is 0 Å². The average molecular weight is 343 g/mol. The van der Waals surface area contributed by atoms with Gasteiger partial charge in [0, 0.05) is 6.42 Å². The number of carbonyl (C=O) groups is 1. The van der Waals surface area contributed by atoms with Gasteiger partial charge in [0.15, 0.2) is 0 Å². The molecule has 0 saturated heterocycles. The van der Waals surface area contributed by atoms with Crippen LogP contribution in [0.3, 0.4) is 0 Å². The van der Waals surface area contributed by atoms with Crippen LogP contribution in [0.5, 0.6) is 0 Å². The fourth-order valence-electron chi connectivity index (χ4n) is 2.71. The molecule has 0 amide bonds. The Morgan fingerprint density at radius 2 is 0.833 bits per heavy atom. The minimum Gasteiger partial charge on any atom is -0.469 e. The summed E-state index contributed by atoms with van der Waals surface area (Å²) in [5, 5.41) is 0. The molecule has 0 spiro atoms. The van der Waals surface area contributed by atoms with Crippen molar-refractivity contribution in [2.24, 2.45) is 0 Å². The van der Waals surface area contributed by atoms with Gasteiger partial charge in [0.25, 0.3) is 0 Å². The number of hydrogen-bond acceptors (Lipinski definition) is 2. The first-order valence-electron chi connectivity index (χ1n) is 10.8. The smallest absolute Gasteiger partial charge is 0.305 e. The lowest BCUT2D eigenvalue weighted by Gasteiger charge is -2.02. The molecule has 146 valence electrons. The van der Waals surface area contributed by atoms with Crippen LogP contribution in [0.1, 0.15) is 130 Å². The van der Waals surface area contributed by atoms with Gasteiger partial charge < -0.3 is 4.74 Å². The summed E-state index contributed by atoms with van der Waals surface area (Å²) in [5.41, 5.74) is 0. The minimum atomic E-state index is -0.0686. The first-order valence-corrected chi connectivity index (χ1v) is 10.8. The third-order valence-electron chi connectivity index (χ3n) is 4.42. The maximum absolute atomic E-state index is 10.8. The van der Waals surface area contributed by atoms with Crippen LogP contribution in [-0.2, 0) is 9.53 Å². The van der Waals surface area contributed by atoms with E-state index in [0.717, 1.165) is 6.42 Å². The fraction of sp³-hybridized carbons (Fsp3) is 0.955. The molecule has 0 aromatic rings. The number of esters is 1. The van der Waals surface area contributed by atoms with Crippen molar-refractivity contribution in [3.05, 3.63) is 0 Å². The van der Waals surface area contributed by atoms with Crippen molar-refractivity contribution >= 4 is 5.97 Å². The topological polar surface area (TPSA) is 26.3 Å². The van der Waals surface area contributed by atoms with Crippen molar-refractivity contribution in [2.75, 3.05) is 7.11 Å². The molecule has 0 aliphatic rings. The Kier molecular flexibility index (Phi) is 26.5. The van der Waals surface area contributed by atoms with E-state index in [1.54, 1.807) is 0 Å². The predicted molar refractivity (Wildman–Crippen MR) is 108 cm³/mol. The standard InChI is InChI=1S/C15H30O2.C7H16/c1-3-4-5-6-7-8-9-10-11-12-13-14-15(16)17-2;1-3-5-7-6-4-2/h3-14H2,1-2H3;3-7H2,1-2H3. The lowest BCUT2D eigenvalue weighted by molar-refractivity contribution is -0.140. The Balaban J connectivity index is 0. The van der Waals surface area contributed by atoms with Crippen LogP contribution in [0.2, 0.25) is 0 Å². The Morgan fingerprint density at radius 1 is 0.542 bits per heavy atom. The summed E-state index contributed by atoms with van der Waals surface area (Å²) in [7, 11) is 1.46. The Morgan fingerprint density at radius 3 is 1.17 bits per heavy atom. The molecule has 24 heavy (non-hydrogen) atoms. The maximum Gasteiger partial charge on any atom is 0.305 e. The number of rotatable bonds is 16. The van der Waals surface area contributed by atoms with Gasteiger partial charge >= 0.3 is 5.97 Å². The summed E-state index contributed by atoms with van der Waals surface area (Å²) < 4.78 is 4.60. The third-order valence-corrected chi connectivity index (χ3v) is 4.42. The maximum atomic E-state index is 10.8. The largest absolute Gasteiger partial charge is 0.469 e. The van der Waals surface area contributed by atoms with E-state index < -0.39 is 0 Å². The van der Waals surface area contributed by atoms with Crippen molar-refractivity contribution < 1.29 is 9.53 Å². The van der Waals surface area contributed by atoms with Crippen molar-refractivity contribution in [1.82, 2.24) is 0 Å². The molecule has 0 unspecified atom stereocenters. The fourth-order valence-corrected chi connectivity index (χ4v) is 2.71. The second-order valence-corrected chi connectivity index (χ2v) is 6.92. The zero-order valence-electron chi connectivity index (χ0n) is 17.3. The lowest BCUT2D eigenvalue weighted by atomic mass is 10.1. The second kappa shape index (κ2) is 24.7. The van der Waals surface area contributed by atoms with Crippen molar-refractivity contribution in [2.45, 2.75) is 130 Å². The molecule has 2 nitrogen and oxygen atoms in total. The minimum absolute atomic E-state index is 0.0686. The van der Waals surface area contributed by atoms with Crippen LogP contribution in [0.15, 0.2) is 0 Å². The number of methoxy groups -OCH3 is 1. The van der Waals surface area contributed by atoms with Crippen LogP contribution < -0.4 is 0 Å². The van der Waals surface area contributed by atoms with Gasteiger partial charge in [-0.1, -0.05) is 117 Å². The number of carbonyl (C=O) groups excluding carboxylic acids is 1. The van der Waals surface area contributed by atoms with Gasteiger partial charge in [0.1, 0.15) is 0 Å². The van der Waals surface area contributed by atoms with Crippen LogP contribution in [0, 0.1) is 0 Å². The highest BCUT2D eigenvalue weighted by atomic mass is 16.5. The highest BCUT2D eigenvalue weighted by Crippen LogP contribution is 2.11.